The van der Waals surface area contributed by atoms with Gasteiger partial charge in [-0.25, -0.2) is 0 Å². The predicted octanol–water partition coefficient (Wildman–Crippen LogP) is 1.77. The first-order valence-electron chi connectivity index (χ1n) is 9.08. The topological polar surface area (TPSA) is 66.2 Å². The zero-order valence-electron chi connectivity index (χ0n) is 14.9. The Balaban J connectivity index is 1.44. The van der Waals surface area contributed by atoms with Gasteiger partial charge in [0.15, 0.2) is 0 Å². The van der Waals surface area contributed by atoms with Crippen molar-refractivity contribution >= 4 is 5.91 Å². The summed E-state index contributed by atoms with van der Waals surface area (Å²) in [6, 6.07) is 11.3. The molecule has 0 spiro atoms. The van der Waals surface area contributed by atoms with Gasteiger partial charge >= 0.3 is 0 Å². The molecule has 1 amide bonds. The zero-order chi connectivity index (χ0) is 18.1. The molecule has 2 aromatic rings. The van der Waals surface area contributed by atoms with Crippen molar-refractivity contribution in [3.8, 4) is 11.3 Å². The summed E-state index contributed by atoms with van der Waals surface area (Å²) in [6.07, 6.45) is -0.512. The number of hydrogen-bond donors (Lipinski definition) is 1. The zero-order valence-corrected chi connectivity index (χ0v) is 14.9. The van der Waals surface area contributed by atoms with Gasteiger partial charge in [-0.15, -0.1) is 0 Å². The van der Waals surface area contributed by atoms with Crippen LogP contribution in [0.1, 0.15) is 16.1 Å². The summed E-state index contributed by atoms with van der Waals surface area (Å²) in [5.41, 5.74) is 1.58. The van der Waals surface area contributed by atoms with Crippen LogP contribution in [-0.4, -0.2) is 72.4 Å². The Hall–Kier alpha value is -2.15. The Morgan fingerprint density at radius 3 is 2.46 bits per heavy atom. The van der Waals surface area contributed by atoms with E-state index in [1.165, 1.54) is 0 Å². The van der Waals surface area contributed by atoms with Gasteiger partial charge in [0, 0.05) is 37.3 Å². The van der Waals surface area contributed by atoms with Gasteiger partial charge in [-0.05, 0) is 31.2 Å². The summed E-state index contributed by atoms with van der Waals surface area (Å²) < 4.78 is 11.0. The van der Waals surface area contributed by atoms with E-state index >= 15 is 0 Å². The van der Waals surface area contributed by atoms with Crippen LogP contribution >= 0.6 is 0 Å². The van der Waals surface area contributed by atoms with E-state index in [2.05, 4.69) is 4.90 Å². The first-order chi connectivity index (χ1) is 12.6. The normalized spacial score (nSPS) is 24.2. The van der Waals surface area contributed by atoms with E-state index in [-0.39, 0.29) is 11.9 Å². The van der Waals surface area contributed by atoms with E-state index in [4.69, 9.17) is 9.15 Å². The molecular weight excluding hydrogens is 332 g/mol. The van der Waals surface area contributed by atoms with Gasteiger partial charge in [0.25, 0.3) is 5.91 Å². The molecule has 4 rings (SSSR count). The number of β-amino-alcohol motifs (C(OH)–C–C–N with tert-alkyl or cyclic N) is 1. The van der Waals surface area contributed by atoms with Crippen LogP contribution in [0.5, 0.6) is 0 Å². The quantitative estimate of drug-likeness (QED) is 0.908. The van der Waals surface area contributed by atoms with Crippen molar-refractivity contribution in [1.29, 1.82) is 0 Å². The third-order valence-corrected chi connectivity index (χ3v) is 5.22. The number of amides is 1. The Labute approximate surface area is 153 Å². The average molecular weight is 356 g/mol. The van der Waals surface area contributed by atoms with Crippen molar-refractivity contribution in [1.82, 2.24) is 9.80 Å². The molecule has 2 aliphatic rings. The molecule has 138 valence electrons. The predicted molar refractivity (Wildman–Crippen MR) is 97.0 cm³/mol. The van der Waals surface area contributed by atoms with Gasteiger partial charge in [0.05, 0.1) is 25.4 Å². The van der Waals surface area contributed by atoms with Gasteiger partial charge in [-0.3, -0.25) is 9.69 Å². The maximum absolute atomic E-state index is 12.8. The van der Waals surface area contributed by atoms with Gasteiger partial charge in [-0.2, -0.15) is 0 Å². The van der Waals surface area contributed by atoms with Crippen LogP contribution < -0.4 is 0 Å². The smallest absolute Gasteiger partial charge is 0.253 e. The van der Waals surface area contributed by atoms with Crippen LogP contribution in [0.3, 0.4) is 0 Å². The Bertz CT molecular complexity index is 764. The molecule has 2 fully saturated rings. The fraction of sp³-hybridized carbons (Fsp3) is 0.450. The van der Waals surface area contributed by atoms with E-state index in [9.17, 15) is 9.90 Å². The summed E-state index contributed by atoms with van der Waals surface area (Å²) in [5, 5.41) is 10.4. The number of aliphatic hydroxyl groups is 1. The third-order valence-electron chi connectivity index (χ3n) is 5.22. The highest BCUT2D eigenvalue weighted by Gasteiger charge is 2.38. The summed E-state index contributed by atoms with van der Waals surface area (Å²) in [6.45, 7) is 5.82. The van der Waals surface area contributed by atoms with Crippen LogP contribution in [0.4, 0.5) is 0 Å². The van der Waals surface area contributed by atoms with Crippen molar-refractivity contribution < 1.29 is 19.1 Å². The van der Waals surface area contributed by atoms with E-state index in [0.29, 0.717) is 31.9 Å². The molecule has 3 heterocycles. The number of morpholine rings is 1. The van der Waals surface area contributed by atoms with Crippen molar-refractivity contribution in [3.05, 3.63) is 47.7 Å². The van der Waals surface area contributed by atoms with Gasteiger partial charge in [-0.1, -0.05) is 12.1 Å². The lowest BCUT2D eigenvalue weighted by molar-refractivity contribution is -0.00611. The maximum Gasteiger partial charge on any atom is 0.253 e. The fourth-order valence-corrected chi connectivity index (χ4v) is 3.75. The van der Waals surface area contributed by atoms with Crippen molar-refractivity contribution in [2.75, 3.05) is 39.4 Å². The molecule has 26 heavy (non-hydrogen) atoms. The maximum atomic E-state index is 12.8. The number of carbonyl (C=O) groups excluding carboxylic acids is 1. The highest BCUT2D eigenvalue weighted by atomic mass is 16.5. The van der Waals surface area contributed by atoms with E-state index in [0.717, 1.165) is 30.2 Å². The van der Waals surface area contributed by atoms with Crippen LogP contribution in [0.2, 0.25) is 0 Å². The van der Waals surface area contributed by atoms with Crippen molar-refractivity contribution in [2.45, 2.75) is 19.1 Å². The van der Waals surface area contributed by atoms with Crippen molar-refractivity contribution in [2.24, 2.45) is 0 Å². The molecule has 1 N–H and O–H groups in total. The van der Waals surface area contributed by atoms with E-state index in [1.54, 1.807) is 4.90 Å². The fourth-order valence-electron chi connectivity index (χ4n) is 3.75. The lowest BCUT2D eigenvalue weighted by Gasteiger charge is -2.33. The molecule has 6 heteroatoms. The molecule has 2 aliphatic heterocycles. The number of ether oxygens (including phenoxy) is 1. The number of aliphatic hydroxyl groups excluding tert-OH is 1. The summed E-state index contributed by atoms with van der Waals surface area (Å²) in [4.78, 5) is 16.8. The minimum absolute atomic E-state index is 0.00628. The second-order valence-electron chi connectivity index (χ2n) is 6.98. The van der Waals surface area contributed by atoms with Crippen molar-refractivity contribution in [3.63, 3.8) is 0 Å². The van der Waals surface area contributed by atoms with Gasteiger partial charge in [0.1, 0.15) is 11.5 Å². The van der Waals surface area contributed by atoms with Crippen LogP contribution in [0, 0.1) is 6.92 Å². The molecule has 2 saturated heterocycles. The molecular formula is C20H24N2O4. The van der Waals surface area contributed by atoms with Crippen LogP contribution in [0.15, 0.2) is 40.8 Å². The number of aryl methyl sites for hydroxylation is 1. The minimum atomic E-state index is -0.512. The first kappa shape index (κ1) is 17.3. The summed E-state index contributed by atoms with van der Waals surface area (Å²) in [7, 11) is 0. The molecule has 6 nitrogen and oxygen atoms in total. The molecule has 0 unspecified atom stereocenters. The lowest BCUT2D eigenvalue weighted by atomic mass is 10.1. The molecule has 0 saturated carbocycles. The van der Waals surface area contributed by atoms with E-state index in [1.807, 2.05) is 43.3 Å². The standard InChI is InChI=1S/C20H24N2O4/c1-14-2-7-19(26-14)15-3-5-16(6-4-15)20(24)22-12-17(18(23)13-22)21-8-10-25-11-9-21/h2-7,17-18,23H,8-13H2,1H3/t17-,18-/m0/s1. The average Bonchev–Trinajstić information content (AvgIpc) is 3.28. The second-order valence-corrected chi connectivity index (χ2v) is 6.98. The Morgan fingerprint density at radius 1 is 1.08 bits per heavy atom. The molecule has 0 aliphatic carbocycles. The lowest BCUT2D eigenvalue weighted by Crippen LogP contribution is -2.49. The second kappa shape index (κ2) is 7.23. The van der Waals surface area contributed by atoms with Crippen LogP contribution in [0.25, 0.3) is 11.3 Å². The molecule has 0 radical (unpaired) electrons. The number of nitrogens with zero attached hydrogens (tertiary/aromatic N) is 2. The Kier molecular flexibility index (Phi) is 4.80. The van der Waals surface area contributed by atoms with E-state index < -0.39 is 6.10 Å². The minimum Gasteiger partial charge on any atom is -0.461 e. The molecule has 1 aromatic carbocycles. The number of likely N-dealkylation sites (tertiary alicyclic amines) is 1. The molecule has 2 atom stereocenters. The third kappa shape index (κ3) is 3.40. The monoisotopic (exact) mass is 356 g/mol. The Morgan fingerprint density at radius 2 is 1.81 bits per heavy atom. The number of rotatable bonds is 3. The number of carbonyl (C=O) groups is 1. The largest absolute Gasteiger partial charge is 0.461 e. The number of furan rings is 1. The number of hydrogen-bond acceptors (Lipinski definition) is 5. The molecule has 0 bridgehead atoms. The summed E-state index contributed by atoms with van der Waals surface area (Å²) in [5.74, 6) is 1.62. The highest BCUT2D eigenvalue weighted by Crippen LogP contribution is 2.24. The van der Waals surface area contributed by atoms with Gasteiger partial charge in [0.2, 0.25) is 0 Å². The SMILES string of the molecule is Cc1ccc(-c2ccc(C(=O)N3C[C@H](O)[C@@H](N4CCOCC4)C3)cc2)o1. The molecule has 1 aromatic heterocycles. The first-order valence-corrected chi connectivity index (χ1v) is 9.08. The number of benzene rings is 1. The summed E-state index contributed by atoms with van der Waals surface area (Å²) >= 11 is 0. The van der Waals surface area contributed by atoms with Gasteiger partial charge < -0.3 is 19.2 Å². The van der Waals surface area contributed by atoms with Crippen LogP contribution in [-0.2, 0) is 4.74 Å². The highest BCUT2D eigenvalue weighted by molar-refractivity contribution is 5.95.